The standard InChI is InChI=1S/C17H23N3O3/c1-11-14(12(2)20-17(22)15(11)10-18)5-6-16(21)19-8-7-13-4-3-9-23-13/h13H,3-9H2,1-2H3,(H,19,21)(H,20,22). The minimum atomic E-state index is -0.368. The number of amides is 1. The maximum atomic E-state index is 11.9. The minimum absolute atomic E-state index is 0.0218. The van der Waals surface area contributed by atoms with E-state index in [1.165, 1.54) is 0 Å². The predicted molar refractivity (Wildman–Crippen MR) is 86.2 cm³/mol. The zero-order chi connectivity index (χ0) is 16.8. The summed E-state index contributed by atoms with van der Waals surface area (Å²) in [4.78, 5) is 26.3. The van der Waals surface area contributed by atoms with Crippen molar-refractivity contribution in [2.45, 2.75) is 52.1 Å². The van der Waals surface area contributed by atoms with E-state index in [1.54, 1.807) is 13.8 Å². The van der Waals surface area contributed by atoms with Gasteiger partial charge in [-0.15, -0.1) is 0 Å². The van der Waals surface area contributed by atoms with Gasteiger partial charge >= 0.3 is 0 Å². The summed E-state index contributed by atoms with van der Waals surface area (Å²) in [6.07, 6.45) is 4.14. The van der Waals surface area contributed by atoms with Crippen LogP contribution in [0.5, 0.6) is 0 Å². The van der Waals surface area contributed by atoms with Crippen LogP contribution >= 0.6 is 0 Å². The molecule has 0 saturated carbocycles. The molecule has 1 amide bonds. The summed E-state index contributed by atoms with van der Waals surface area (Å²) in [5.41, 5.74) is 2.02. The SMILES string of the molecule is Cc1[nH]c(=O)c(C#N)c(C)c1CCC(=O)NCCC1CCCO1. The molecule has 23 heavy (non-hydrogen) atoms. The van der Waals surface area contributed by atoms with Crippen LogP contribution < -0.4 is 10.9 Å². The lowest BCUT2D eigenvalue weighted by atomic mass is 9.99. The van der Waals surface area contributed by atoms with Gasteiger partial charge < -0.3 is 15.0 Å². The molecule has 124 valence electrons. The topological polar surface area (TPSA) is 95.0 Å². The summed E-state index contributed by atoms with van der Waals surface area (Å²) >= 11 is 0. The second-order valence-electron chi connectivity index (χ2n) is 5.94. The number of aromatic nitrogens is 1. The summed E-state index contributed by atoms with van der Waals surface area (Å²) in [6, 6.07) is 1.93. The van der Waals surface area contributed by atoms with Crippen LogP contribution in [0, 0.1) is 25.2 Å². The number of aryl methyl sites for hydroxylation is 1. The number of hydrogen-bond donors (Lipinski definition) is 2. The molecule has 1 saturated heterocycles. The number of carbonyl (C=O) groups is 1. The van der Waals surface area contributed by atoms with E-state index in [0.717, 1.165) is 37.1 Å². The number of nitrogens with one attached hydrogen (secondary N) is 2. The summed E-state index contributed by atoms with van der Waals surface area (Å²) in [5.74, 6) is -0.0218. The van der Waals surface area contributed by atoms with E-state index in [2.05, 4.69) is 10.3 Å². The molecule has 0 spiro atoms. The highest BCUT2D eigenvalue weighted by atomic mass is 16.5. The van der Waals surface area contributed by atoms with Crippen LogP contribution in [0.2, 0.25) is 0 Å². The molecule has 0 aliphatic carbocycles. The molecule has 1 atom stereocenters. The second-order valence-corrected chi connectivity index (χ2v) is 5.94. The van der Waals surface area contributed by atoms with Crippen LogP contribution in [0.1, 0.15) is 48.1 Å². The first-order valence-electron chi connectivity index (χ1n) is 8.03. The number of nitriles is 1. The van der Waals surface area contributed by atoms with Crippen molar-refractivity contribution in [3.63, 3.8) is 0 Å². The second kappa shape index (κ2) is 7.93. The Labute approximate surface area is 135 Å². The van der Waals surface area contributed by atoms with Crippen LogP contribution in [-0.4, -0.2) is 30.1 Å². The fourth-order valence-corrected chi connectivity index (χ4v) is 2.99. The van der Waals surface area contributed by atoms with Gasteiger partial charge in [0.1, 0.15) is 11.6 Å². The highest BCUT2D eigenvalue weighted by molar-refractivity contribution is 5.76. The van der Waals surface area contributed by atoms with Gasteiger partial charge in [-0.2, -0.15) is 5.26 Å². The number of nitrogens with zero attached hydrogens (tertiary/aromatic N) is 1. The fraction of sp³-hybridized carbons (Fsp3) is 0.588. The molecule has 0 radical (unpaired) electrons. The largest absolute Gasteiger partial charge is 0.378 e. The molecular formula is C17H23N3O3. The highest BCUT2D eigenvalue weighted by Gasteiger charge is 2.16. The van der Waals surface area contributed by atoms with E-state index in [4.69, 9.17) is 10.00 Å². The number of carbonyl (C=O) groups excluding carboxylic acids is 1. The molecule has 2 heterocycles. The number of rotatable bonds is 6. The van der Waals surface area contributed by atoms with Gasteiger partial charge in [-0.3, -0.25) is 9.59 Å². The van der Waals surface area contributed by atoms with E-state index in [0.29, 0.717) is 24.9 Å². The van der Waals surface area contributed by atoms with Crippen LogP contribution in [0.4, 0.5) is 0 Å². The lowest BCUT2D eigenvalue weighted by Gasteiger charge is -2.12. The van der Waals surface area contributed by atoms with Crippen molar-refractivity contribution in [3.05, 3.63) is 32.7 Å². The third-order valence-corrected chi connectivity index (χ3v) is 4.33. The van der Waals surface area contributed by atoms with Gasteiger partial charge in [0.15, 0.2) is 0 Å². The Morgan fingerprint density at radius 1 is 1.48 bits per heavy atom. The highest BCUT2D eigenvalue weighted by Crippen LogP contribution is 2.16. The van der Waals surface area contributed by atoms with Crippen molar-refractivity contribution in [1.82, 2.24) is 10.3 Å². The summed E-state index contributed by atoms with van der Waals surface area (Å²) < 4.78 is 5.52. The zero-order valence-corrected chi connectivity index (χ0v) is 13.7. The molecule has 2 rings (SSSR count). The molecule has 1 fully saturated rings. The lowest BCUT2D eigenvalue weighted by Crippen LogP contribution is -2.27. The average molecular weight is 317 g/mol. The zero-order valence-electron chi connectivity index (χ0n) is 13.7. The van der Waals surface area contributed by atoms with Crippen LogP contribution in [0.15, 0.2) is 4.79 Å². The third kappa shape index (κ3) is 4.42. The first-order chi connectivity index (χ1) is 11.0. The van der Waals surface area contributed by atoms with Crippen LogP contribution in [0.25, 0.3) is 0 Å². The maximum Gasteiger partial charge on any atom is 0.266 e. The van der Waals surface area contributed by atoms with Crippen molar-refractivity contribution in [2.75, 3.05) is 13.2 Å². The molecule has 1 aliphatic rings. The van der Waals surface area contributed by atoms with Crippen molar-refractivity contribution in [2.24, 2.45) is 0 Å². The molecule has 0 bridgehead atoms. The van der Waals surface area contributed by atoms with Crippen molar-refractivity contribution in [1.29, 1.82) is 5.26 Å². The molecular weight excluding hydrogens is 294 g/mol. The van der Waals surface area contributed by atoms with Crippen molar-refractivity contribution >= 4 is 5.91 Å². The molecule has 1 aliphatic heterocycles. The Morgan fingerprint density at radius 2 is 2.26 bits per heavy atom. The smallest absolute Gasteiger partial charge is 0.266 e. The molecule has 6 nitrogen and oxygen atoms in total. The first-order valence-corrected chi connectivity index (χ1v) is 8.03. The minimum Gasteiger partial charge on any atom is -0.378 e. The average Bonchev–Trinajstić information content (AvgIpc) is 3.00. The molecule has 0 aromatic carbocycles. The Kier molecular flexibility index (Phi) is 5.94. The van der Waals surface area contributed by atoms with Gasteiger partial charge in [-0.05, 0) is 50.7 Å². The maximum absolute atomic E-state index is 11.9. The first kappa shape index (κ1) is 17.2. The number of hydrogen-bond acceptors (Lipinski definition) is 4. The predicted octanol–water partition coefficient (Wildman–Crippen LogP) is 1.48. The number of aromatic amines is 1. The van der Waals surface area contributed by atoms with Crippen LogP contribution in [0.3, 0.4) is 0 Å². The lowest BCUT2D eigenvalue weighted by molar-refractivity contribution is -0.121. The normalized spacial score (nSPS) is 17.0. The fourth-order valence-electron chi connectivity index (χ4n) is 2.99. The van der Waals surface area contributed by atoms with E-state index >= 15 is 0 Å². The molecule has 1 aromatic rings. The molecule has 1 aromatic heterocycles. The third-order valence-electron chi connectivity index (χ3n) is 4.33. The summed E-state index contributed by atoms with van der Waals surface area (Å²) in [5, 5.41) is 12.0. The molecule has 2 N–H and O–H groups in total. The number of pyridine rings is 1. The van der Waals surface area contributed by atoms with Gasteiger partial charge in [-0.1, -0.05) is 0 Å². The van der Waals surface area contributed by atoms with Crippen LogP contribution in [-0.2, 0) is 16.0 Å². The van der Waals surface area contributed by atoms with Crippen molar-refractivity contribution in [3.8, 4) is 6.07 Å². The van der Waals surface area contributed by atoms with Gasteiger partial charge in [0.2, 0.25) is 5.91 Å². The van der Waals surface area contributed by atoms with Gasteiger partial charge in [0.25, 0.3) is 5.56 Å². The van der Waals surface area contributed by atoms with Crippen molar-refractivity contribution < 1.29 is 9.53 Å². The van der Waals surface area contributed by atoms with E-state index in [1.807, 2.05) is 6.07 Å². The Bertz CT molecular complexity index is 667. The van der Waals surface area contributed by atoms with E-state index in [-0.39, 0.29) is 23.1 Å². The van der Waals surface area contributed by atoms with Gasteiger partial charge in [0, 0.05) is 25.3 Å². The van der Waals surface area contributed by atoms with Gasteiger partial charge in [0.05, 0.1) is 6.10 Å². The summed E-state index contributed by atoms with van der Waals surface area (Å²) in [6.45, 7) is 4.99. The molecule has 1 unspecified atom stereocenters. The Hall–Kier alpha value is -2.13. The molecule has 6 heteroatoms. The van der Waals surface area contributed by atoms with Gasteiger partial charge in [-0.25, -0.2) is 0 Å². The monoisotopic (exact) mass is 317 g/mol. The van der Waals surface area contributed by atoms with E-state index < -0.39 is 0 Å². The Balaban J connectivity index is 1.86. The number of H-pyrrole nitrogens is 1. The Morgan fingerprint density at radius 3 is 2.91 bits per heavy atom. The number of ether oxygens (including phenoxy) is 1. The van der Waals surface area contributed by atoms with E-state index in [9.17, 15) is 9.59 Å². The summed E-state index contributed by atoms with van der Waals surface area (Å²) in [7, 11) is 0. The quantitative estimate of drug-likeness (QED) is 0.831.